The number of amides is 2. The molecule has 1 aromatic heterocycles. The van der Waals surface area contributed by atoms with E-state index in [-0.39, 0.29) is 17.2 Å². The van der Waals surface area contributed by atoms with Crippen molar-refractivity contribution in [3.05, 3.63) is 89.5 Å². The minimum atomic E-state index is -0.597. The van der Waals surface area contributed by atoms with Crippen molar-refractivity contribution in [3.8, 4) is 5.75 Å². The van der Waals surface area contributed by atoms with Gasteiger partial charge in [0.05, 0.1) is 6.26 Å². The number of Topliss-reactive ketones (excluding diaryl/α,β-unsaturated/α-hetero) is 1. The number of furan rings is 1. The first-order valence-electron chi connectivity index (χ1n) is 9.59. The van der Waals surface area contributed by atoms with Crippen LogP contribution in [0.3, 0.4) is 0 Å². The van der Waals surface area contributed by atoms with Gasteiger partial charge in [0.2, 0.25) is 0 Å². The summed E-state index contributed by atoms with van der Waals surface area (Å²) >= 11 is 0. The number of hydrogen-bond acceptors (Lipinski definition) is 6. The van der Waals surface area contributed by atoms with E-state index in [1.807, 2.05) is 0 Å². The molecule has 0 aliphatic heterocycles. The molecule has 0 bridgehead atoms. The highest BCUT2D eigenvalue weighted by atomic mass is 16.5. The summed E-state index contributed by atoms with van der Waals surface area (Å²) in [7, 11) is 0. The Kier molecular flexibility index (Phi) is 6.97. The van der Waals surface area contributed by atoms with E-state index in [2.05, 4.69) is 10.6 Å². The third kappa shape index (κ3) is 6.02. The molecule has 0 fully saturated rings. The molecule has 0 aliphatic rings. The van der Waals surface area contributed by atoms with Crippen LogP contribution in [0.4, 0.5) is 5.69 Å². The van der Waals surface area contributed by atoms with E-state index in [0.29, 0.717) is 22.6 Å². The number of ether oxygens (including phenoxy) is 1. The average molecular weight is 432 g/mol. The number of hydrogen-bond donors (Lipinski definition) is 2. The van der Waals surface area contributed by atoms with E-state index in [0.717, 1.165) is 0 Å². The van der Waals surface area contributed by atoms with E-state index < -0.39 is 17.8 Å². The Balaban J connectivity index is 1.84. The second kappa shape index (κ2) is 10.0. The molecular formula is C24H20N2O6. The van der Waals surface area contributed by atoms with Crippen molar-refractivity contribution in [3.63, 3.8) is 0 Å². The van der Waals surface area contributed by atoms with Crippen LogP contribution in [0.15, 0.2) is 77.0 Å². The Morgan fingerprint density at radius 3 is 2.16 bits per heavy atom. The first-order valence-corrected chi connectivity index (χ1v) is 9.59. The summed E-state index contributed by atoms with van der Waals surface area (Å²) in [5, 5.41) is 5.22. The van der Waals surface area contributed by atoms with Crippen molar-refractivity contribution < 1.29 is 28.3 Å². The lowest BCUT2D eigenvalue weighted by atomic mass is 10.1. The van der Waals surface area contributed by atoms with Gasteiger partial charge in [0.25, 0.3) is 11.8 Å². The SMILES string of the molecule is CC(=O)Oc1ccc(C=C(NC(=O)c2ccco2)C(=O)Nc2ccc(C(C)=O)cc2)cc1. The minimum absolute atomic E-state index is 0.0396. The number of nitrogens with one attached hydrogen (secondary N) is 2. The van der Waals surface area contributed by atoms with Crippen molar-refractivity contribution in [2.24, 2.45) is 0 Å². The number of benzene rings is 2. The molecule has 32 heavy (non-hydrogen) atoms. The van der Waals surface area contributed by atoms with Gasteiger partial charge in [-0.1, -0.05) is 12.1 Å². The van der Waals surface area contributed by atoms with Crippen molar-refractivity contribution in [1.29, 1.82) is 0 Å². The summed E-state index contributed by atoms with van der Waals surface area (Å²) in [5.74, 6) is -1.32. The predicted octanol–water partition coefficient (Wildman–Crippen LogP) is 3.82. The van der Waals surface area contributed by atoms with Crippen LogP contribution in [-0.4, -0.2) is 23.6 Å². The highest BCUT2D eigenvalue weighted by molar-refractivity contribution is 6.10. The second-order valence-electron chi connectivity index (χ2n) is 6.74. The van der Waals surface area contributed by atoms with Crippen LogP contribution in [0.2, 0.25) is 0 Å². The number of rotatable bonds is 7. The predicted molar refractivity (Wildman–Crippen MR) is 117 cm³/mol. The van der Waals surface area contributed by atoms with Crippen LogP contribution < -0.4 is 15.4 Å². The zero-order valence-electron chi connectivity index (χ0n) is 17.4. The molecule has 2 amide bonds. The lowest BCUT2D eigenvalue weighted by molar-refractivity contribution is -0.131. The van der Waals surface area contributed by atoms with Gasteiger partial charge in [0.1, 0.15) is 11.4 Å². The number of carbonyl (C=O) groups is 4. The van der Waals surface area contributed by atoms with Crippen molar-refractivity contribution >= 4 is 35.3 Å². The number of anilines is 1. The van der Waals surface area contributed by atoms with Crippen molar-refractivity contribution in [2.75, 3.05) is 5.32 Å². The number of carbonyl (C=O) groups excluding carboxylic acids is 4. The highest BCUT2D eigenvalue weighted by Gasteiger charge is 2.17. The zero-order chi connectivity index (χ0) is 23.1. The third-order valence-electron chi connectivity index (χ3n) is 4.24. The molecule has 0 spiro atoms. The zero-order valence-corrected chi connectivity index (χ0v) is 17.4. The van der Waals surface area contributed by atoms with Crippen LogP contribution in [0.1, 0.15) is 40.3 Å². The summed E-state index contributed by atoms with van der Waals surface area (Å²) in [6.07, 6.45) is 2.82. The molecule has 8 nitrogen and oxygen atoms in total. The summed E-state index contributed by atoms with van der Waals surface area (Å²) < 4.78 is 10.1. The van der Waals surface area contributed by atoms with Crippen LogP contribution in [-0.2, 0) is 9.59 Å². The van der Waals surface area contributed by atoms with Gasteiger partial charge in [-0.3, -0.25) is 19.2 Å². The molecule has 0 saturated heterocycles. The second-order valence-corrected chi connectivity index (χ2v) is 6.74. The Labute approximate surface area is 183 Å². The molecule has 8 heteroatoms. The molecule has 0 radical (unpaired) electrons. The first kappa shape index (κ1) is 22.2. The Morgan fingerprint density at radius 2 is 1.59 bits per heavy atom. The molecule has 0 aliphatic carbocycles. The van der Waals surface area contributed by atoms with E-state index >= 15 is 0 Å². The van der Waals surface area contributed by atoms with E-state index in [1.54, 1.807) is 54.6 Å². The Bertz CT molecular complexity index is 1160. The summed E-state index contributed by atoms with van der Waals surface area (Å²) in [4.78, 5) is 47.8. The van der Waals surface area contributed by atoms with Gasteiger partial charge in [-0.15, -0.1) is 0 Å². The fourth-order valence-electron chi connectivity index (χ4n) is 2.70. The molecule has 2 aromatic carbocycles. The molecule has 3 aromatic rings. The maximum Gasteiger partial charge on any atom is 0.308 e. The molecular weight excluding hydrogens is 412 g/mol. The number of esters is 1. The van der Waals surface area contributed by atoms with Crippen LogP contribution in [0.25, 0.3) is 6.08 Å². The first-order chi connectivity index (χ1) is 15.3. The maximum absolute atomic E-state index is 12.9. The van der Waals surface area contributed by atoms with Crippen LogP contribution in [0, 0.1) is 0 Å². The summed E-state index contributed by atoms with van der Waals surface area (Å²) in [5.41, 5.74) is 1.50. The number of ketones is 1. The normalized spacial score (nSPS) is 10.9. The molecule has 162 valence electrons. The van der Waals surface area contributed by atoms with Crippen molar-refractivity contribution in [2.45, 2.75) is 13.8 Å². The van der Waals surface area contributed by atoms with Gasteiger partial charge >= 0.3 is 5.97 Å². The quantitative estimate of drug-likeness (QED) is 0.254. The van der Waals surface area contributed by atoms with E-state index in [4.69, 9.17) is 9.15 Å². The Hall–Kier alpha value is -4.46. The van der Waals surface area contributed by atoms with Gasteiger partial charge in [0.15, 0.2) is 11.5 Å². The Morgan fingerprint density at radius 1 is 0.906 bits per heavy atom. The standard InChI is InChI=1S/C24H20N2O6/c1-15(27)18-7-9-19(10-8-18)25-23(29)21(26-24(30)22-4-3-13-31-22)14-17-5-11-20(12-6-17)32-16(2)28/h3-14H,1-2H3,(H,25,29)(H,26,30). The monoisotopic (exact) mass is 432 g/mol. The van der Waals surface area contributed by atoms with Crippen LogP contribution in [0.5, 0.6) is 5.75 Å². The van der Waals surface area contributed by atoms with E-state index in [1.165, 1.54) is 32.3 Å². The lowest BCUT2D eigenvalue weighted by Gasteiger charge is -2.11. The third-order valence-corrected chi connectivity index (χ3v) is 4.24. The van der Waals surface area contributed by atoms with Crippen LogP contribution >= 0.6 is 0 Å². The maximum atomic E-state index is 12.9. The topological polar surface area (TPSA) is 115 Å². The smallest absolute Gasteiger partial charge is 0.308 e. The van der Waals surface area contributed by atoms with Gasteiger partial charge < -0.3 is 19.8 Å². The van der Waals surface area contributed by atoms with Gasteiger partial charge in [0, 0.05) is 18.2 Å². The summed E-state index contributed by atoms with van der Waals surface area (Å²) in [6.45, 7) is 2.74. The fraction of sp³-hybridized carbons (Fsp3) is 0.0833. The molecule has 1 heterocycles. The van der Waals surface area contributed by atoms with Crippen molar-refractivity contribution in [1.82, 2.24) is 5.32 Å². The molecule has 2 N–H and O–H groups in total. The largest absolute Gasteiger partial charge is 0.459 e. The van der Waals surface area contributed by atoms with E-state index in [9.17, 15) is 19.2 Å². The molecule has 0 saturated carbocycles. The summed E-state index contributed by atoms with van der Waals surface area (Å²) in [6, 6.07) is 15.8. The lowest BCUT2D eigenvalue weighted by Crippen LogP contribution is -2.30. The van der Waals surface area contributed by atoms with Gasteiger partial charge in [-0.2, -0.15) is 0 Å². The van der Waals surface area contributed by atoms with Gasteiger partial charge in [-0.25, -0.2) is 0 Å². The molecule has 3 rings (SSSR count). The highest BCUT2D eigenvalue weighted by Crippen LogP contribution is 2.16. The van der Waals surface area contributed by atoms with Gasteiger partial charge in [-0.05, 0) is 67.1 Å². The average Bonchev–Trinajstić information content (AvgIpc) is 3.29. The molecule has 0 atom stereocenters. The minimum Gasteiger partial charge on any atom is -0.459 e. The molecule has 0 unspecified atom stereocenters. The fourth-order valence-corrected chi connectivity index (χ4v) is 2.70.